The Kier molecular flexibility index (Phi) is 4.11. The zero-order valence-electron chi connectivity index (χ0n) is 14.8. The second-order valence-electron chi connectivity index (χ2n) is 6.88. The van der Waals surface area contributed by atoms with Crippen LogP contribution in [0.25, 0.3) is 10.9 Å². The Morgan fingerprint density at radius 2 is 1.62 bits per heavy atom. The van der Waals surface area contributed by atoms with Gasteiger partial charge in [0.2, 0.25) is 5.91 Å². The van der Waals surface area contributed by atoms with E-state index in [0.717, 1.165) is 42.1 Å². The number of esters is 1. The molecule has 1 heterocycles. The van der Waals surface area contributed by atoms with Crippen molar-refractivity contribution in [2.24, 2.45) is 0 Å². The highest BCUT2D eigenvalue weighted by atomic mass is 16.5. The molecule has 1 aliphatic carbocycles. The molecule has 1 fully saturated rings. The Morgan fingerprint density at radius 1 is 0.962 bits per heavy atom. The van der Waals surface area contributed by atoms with Crippen LogP contribution in [0.4, 0.5) is 0 Å². The van der Waals surface area contributed by atoms with Crippen LogP contribution < -0.4 is 0 Å². The van der Waals surface area contributed by atoms with Crippen LogP contribution in [0.1, 0.15) is 46.4 Å². The van der Waals surface area contributed by atoms with E-state index in [0.29, 0.717) is 5.56 Å². The second kappa shape index (κ2) is 6.45. The first-order valence-corrected chi connectivity index (χ1v) is 8.96. The van der Waals surface area contributed by atoms with Gasteiger partial charge in [-0.2, -0.15) is 0 Å². The molecule has 0 amide bonds. The van der Waals surface area contributed by atoms with Crippen LogP contribution in [0.3, 0.4) is 0 Å². The predicted octanol–water partition coefficient (Wildman–Crippen LogP) is 4.58. The SMILES string of the molecule is COC(=O)c1cn(C(=O)C2(c3ccccc3)CCCC2)c2ccccc12. The smallest absolute Gasteiger partial charge is 0.340 e. The highest BCUT2D eigenvalue weighted by molar-refractivity contribution is 6.08. The lowest BCUT2D eigenvalue weighted by atomic mass is 9.78. The lowest BCUT2D eigenvalue weighted by Gasteiger charge is -2.28. The number of carbonyl (C=O) groups is 2. The number of ether oxygens (including phenoxy) is 1. The monoisotopic (exact) mass is 347 g/mol. The zero-order chi connectivity index (χ0) is 18.1. The van der Waals surface area contributed by atoms with Gasteiger partial charge in [0.1, 0.15) is 0 Å². The fraction of sp³-hybridized carbons (Fsp3) is 0.273. The van der Waals surface area contributed by atoms with Crippen LogP contribution >= 0.6 is 0 Å². The van der Waals surface area contributed by atoms with Gasteiger partial charge < -0.3 is 4.74 Å². The molecule has 0 bridgehead atoms. The molecule has 0 N–H and O–H groups in total. The molecule has 2 aromatic carbocycles. The first-order valence-electron chi connectivity index (χ1n) is 8.96. The summed E-state index contributed by atoms with van der Waals surface area (Å²) in [6, 6.07) is 17.5. The normalized spacial score (nSPS) is 15.9. The molecule has 3 aromatic rings. The van der Waals surface area contributed by atoms with E-state index in [1.54, 1.807) is 10.8 Å². The Morgan fingerprint density at radius 3 is 2.31 bits per heavy atom. The molecular weight excluding hydrogens is 326 g/mol. The van der Waals surface area contributed by atoms with Crippen molar-refractivity contribution < 1.29 is 14.3 Å². The zero-order valence-corrected chi connectivity index (χ0v) is 14.8. The minimum Gasteiger partial charge on any atom is -0.465 e. The third-order valence-electron chi connectivity index (χ3n) is 5.53. The summed E-state index contributed by atoms with van der Waals surface area (Å²) in [4.78, 5) is 25.9. The molecule has 0 saturated heterocycles. The maximum atomic E-state index is 13.7. The molecule has 4 nitrogen and oxygen atoms in total. The lowest BCUT2D eigenvalue weighted by molar-refractivity contribution is 0.0603. The first kappa shape index (κ1) is 16.6. The average molecular weight is 347 g/mol. The van der Waals surface area contributed by atoms with Gasteiger partial charge in [-0.3, -0.25) is 9.36 Å². The summed E-state index contributed by atoms with van der Waals surface area (Å²) in [6.45, 7) is 0. The molecule has 0 spiro atoms. The quantitative estimate of drug-likeness (QED) is 0.652. The van der Waals surface area contributed by atoms with E-state index in [1.807, 2.05) is 54.6 Å². The number of aromatic nitrogens is 1. The largest absolute Gasteiger partial charge is 0.465 e. The molecule has 4 heteroatoms. The van der Waals surface area contributed by atoms with Crippen molar-refractivity contribution in [3.63, 3.8) is 0 Å². The highest BCUT2D eigenvalue weighted by Gasteiger charge is 2.44. The molecule has 26 heavy (non-hydrogen) atoms. The summed E-state index contributed by atoms with van der Waals surface area (Å²) in [5.41, 5.74) is 1.70. The predicted molar refractivity (Wildman–Crippen MR) is 100 cm³/mol. The summed E-state index contributed by atoms with van der Waals surface area (Å²) in [5.74, 6) is -0.388. The number of rotatable bonds is 3. The topological polar surface area (TPSA) is 48.3 Å². The number of carbonyl (C=O) groups excluding carboxylic acids is 2. The van der Waals surface area contributed by atoms with Crippen LogP contribution in [-0.2, 0) is 10.2 Å². The summed E-state index contributed by atoms with van der Waals surface area (Å²) in [7, 11) is 1.36. The van der Waals surface area contributed by atoms with Crippen molar-refractivity contribution in [3.8, 4) is 0 Å². The van der Waals surface area contributed by atoms with Gasteiger partial charge >= 0.3 is 5.97 Å². The average Bonchev–Trinajstić information content (AvgIpc) is 3.34. The number of nitrogens with zero attached hydrogens (tertiary/aromatic N) is 1. The fourth-order valence-corrected chi connectivity index (χ4v) is 4.21. The van der Waals surface area contributed by atoms with Crippen LogP contribution in [0.2, 0.25) is 0 Å². The number of para-hydroxylation sites is 1. The first-order chi connectivity index (χ1) is 12.7. The number of methoxy groups -OCH3 is 1. The van der Waals surface area contributed by atoms with Crippen LogP contribution in [-0.4, -0.2) is 23.6 Å². The molecule has 132 valence electrons. The molecule has 0 unspecified atom stereocenters. The van der Waals surface area contributed by atoms with Crippen molar-refractivity contribution >= 4 is 22.8 Å². The van der Waals surface area contributed by atoms with E-state index in [1.165, 1.54) is 7.11 Å². The maximum absolute atomic E-state index is 13.7. The number of hydrogen-bond donors (Lipinski definition) is 0. The van der Waals surface area contributed by atoms with Crippen molar-refractivity contribution in [2.75, 3.05) is 7.11 Å². The molecule has 1 aliphatic rings. The lowest BCUT2D eigenvalue weighted by Crippen LogP contribution is -2.36. The van der Waals surface area contributed by atoms with Crippen molar-refractivity contribution in [1.29, 1.82) is 0 Å². The van der Waals surface area contributed by atoms with Gasteiger partial charge in [-0.15, -0.1) is 0 Å². The summed E-state index contributed by atoms with van der Waals surface area (Å²) < 4.78 is 6.56. The summed E-state index contributed by atoms with van der Waals surface area (Å²) in [6.07, 6.45) is 5.36. The highest BCUT2D eigenvalue weighted by Crippen LogP contribution is 2.43. The molecule has 1 aromatic heterocycles. The Balaban J connectivity index is 1.89. The number of benzene rings is 2. The number of fused-ring (bicyclic) bond motifs is 1. The van der Waals surface area contributed by atoms with Gasteiger partial charge in [0.05, 0.1) is 23.6 Å². The van der Waals surface area contributed by atoms with E-state index in [9.17, 15) is 9.59 Å². The fourth-order valence-electron chi connectivity index (χ4n) is 4.21. The standard InChI is InChI=1S/C22H21NO3/c1-26-20(24)18-15-23(19-12-6-5-11-17(18)19)21(25)22(13-7-8-14-22)16-9-3-2-4-10-16/h2-6,9-12,15H,7-8,13-14H2,1H3. The molecule has 0 atom stereocenters. The summed E-state index contributed by atoms with van der Waals surface area (Å²) >= 11 is 0. The van der Waals surface area contributed by atoms with Crippen LogP contribution in [0.5, 0.6) is 0 Å². The van der Waals surface area contributed by atoms with Gasteiger partial charge in [-0.05, 0) is 24.5 Å². The van der Waals surface area contributed by atoms with Gasteiger partial charge in [0.15, 0.2) is 0 Å². The van der Waals surface area contributed by atoms with Crippen LogP contribution in [0, 0.1) is 0 Å². The summed E-state index contributed by atoms with van der Waals surface area (Å²) in [5, 5.41) is 0.744. The Bertz CT molecular complexity index is 965. The molecule has 1 saturated carbocycles. The maximum Gasteiger partial charge on any atom is 0.340 e. The molecular formula is C22H21NO3. The van der Waals surface area contributed by atoms with E-state index in [2.05, 4.69) is 0 Å². The minimum absolute atomic E-state index is 0.0348. The van der Waals surface area contributed by atoms with Gasteiger partial charge in [0.25, 0.3) is 0 Å². The van der Waals surface area contributed by atoms with Gasteiger partial charge in [-0.1, -0.05) is 61.4 Å². The van der Waals surface area contributed by atoms with Gasteiger partial charge in [-0.25, -0.2) is 4.79 Å². The molecule has 0 aliphatic heterocycles. The van der Waals surface area contributed by atoms with Crippen molar-refractivity contribution in [3.05, 3.63) is 71.9 Å². The minimum atomic E-state index is -0.531. The molecule has 4 rings (SSSR count). The molecule has 0 radical (unpaired) electrons. The second-order valence-corrected chi connectivity index (χ2v) is 6.88. The number of hydrogen-bond acceptors (Lipinski definition) is 3. The van der Waals surface area contributed by atoms with E-state index in [4.69, 9.17) is 4.74 Å². The van der Waals surface area contributed by atoms with Gasteiger partial charge in [0, 0.05) is 11.6 Å². The van der Waals surface area contributed by atoms with E-state index in [-0.39, 0.29) is 5.91 Å². The Labute approximate surface area is 152 Å². The van der Waals surface area contributed by atoms with E-state index < -0.39 is 11.4 Å². The van der Waals surface area contributed by atoms with E-state index >= 15 is 0 Å². The van der Waals surface area contributed by atoms with Crippen LogP contribution in [0.15, 0.2) is 60.8 Å². The Hall–Kier alpha value is -2.88. The third-order valence-corrected chi connectivity index (χ3v) is 5.53. The third kappa shape index (κ3) is 2.45. The van der Waals surface area contributed by atoms with Crippen molar-refractivity contribution in [1.82, 2.24) is 4.57 Å². The van der Waals surface area contributed by atoms with Crippen molar-refractivity contribution in [2.45, 2.75) is 31.1 Å².